The van der Waals surface area contributed by atoms with Gasteiger partial charge < -0.3 is 23.4 Å². The zero-order valence-electron chi connectivity index (χ0n) is 15.0. The molecule has 0 spiro atoms. The first-order chi connectivity index (χ1) is 14.6. The van der Waals surface area contributed by atoms with Gasteiger partial charge in [-0.05, 0) is 23.7 Å². The van der Waals surface area contributed by atoms with Crippen LogP contribution in [0.4, 0.5) is 9.59 Å². The lowest BCUT2D eigenvalue weighted by molar-refractivity contribution is 0.0910. The Hall–Kier alpha value is -1.33. The number of halogens is 7. The topological polar surface area (TPSA) is 118 Å². The van der Waals surface area contributed by atoms with E-state index in [1.807, 2.05) is 0 Å². The number of fused-ring (bicyclic) bond motifs is 1. The fourth-order valence-corrected chi connectivity index (χ4v) is 2.40. The predicted octanol–water partition coefficient (Wildman–Crippen LogP) is 5.94. The standard InChI is InChI=1S/C16H7Cl7O9/c17-11(24)7-1-6-2-9(31-13(26)28-4-15(18,19)20)10(3-8(6)30-12(7)25)32-14(27)29-5-16(21,22)23/h1-3H,4-5H2. The second-order valence-corrected chi connectivity index (χ2v) is 10.9. The van der Waals surface area contributed by atoms with E-state index >= 15 is 0 Å². The molecule has 16 heteroatoms. The van der Waals surface area contributed by atoms with E-state index in [-0.39, 0.29) is 11.0 Å². The Kier molecular flexibility index (Phi) is 9.03. The average Bonchev–Trinajstić information content (AvgIpc) is 2.63. The molecule has 2 aromatic rings. The summed E-state index contributed by atoms with van der Waals surface area (Å²) in [6.07, 6.45) is -2.73. The Morgan fingerprint density at radius 2 is 1.28 bits per heavy atom. The van der Waals surface area contributed by atoms with Crippen LogP contribution in [0.3, 0.4) is 0 Å². The summed E-state index contributed by atoms with van der Waals surface area (Å²) in [7, 11) is 0. The minimum absolute atomic E-state index is 0.0554. The average molecular weight is 591 g/mol. The van der Waals surface area contributed by atoms with Gasteiger partial charge in [-0.15, -0.1) is 0 Å². The number of carbonyl (C=O) groups excluding carboxylic acids is 3. The maximum absolute atomic E-state index is 11.9. The summed E-state index contributed by atoms with van der Waals surface area (Å²) in [5.74, 6) is -0.926. The molecule has 9 nitrogen and oxygen atoms in total. The van der Waals surface area contributed by atoms with E-state index < -0.39 is 61.0 Å². The molecule has 0 aliphatic carbocycles. The zero-order chi connectivity index (χ0) is 24.3. The van der Waals surface area contributed by atoms with Gasteiger partial charge in [0.25, 0.3) is 5.24 Å². The molecule has 0 unspecified atom stereocenters. The summed E-state index contributed by atoms with van der Waals surface area (Å²) in [5, 5.41) is -1.04. The van der Waals surface area contributed by atoms with Gasteiger partial charge in [-0.25, -0.2) is 14.4 Å². The van der Waals surface area contributed by atoms with Crippen LogP contribution in [0.5, 0.6) is 11.5 Å². The van der Waals surface area contributed by atoms with E-state index in [0.29, 0.717) is 0 Å². The van der Waals surface area contributed by atoms with E-state index in [2.05, 4.69) is 9.47 Å². The zero-order valence-corrected chi connectivity index (χ0v) is 20.3. The van der Waals surface area contributed by atoms with E-state index in [1.165, 1.54) is 0 Å². The molecule has 1 aromatic heterocycles. The van der Waals surface area contributed by atoms with Crippen molar-refractivity contribution in [3.8, 4) is 11.5 Å². The molecular weight excluding hydrogens is 584 g/mol. The van der Waals surface area contributed by atoms with Crippen molar-refractivity contribution in [2.24, 2.45) is 0 Å². The number of hydrogen-bond donors (Lipinski definition) is 0. The summed E-state index contributed by atoms with van der Waals surface area (Å²) < 4.78 is 20.2. The lowest BCUT2D eigenvalue weighted by Gasteiger charge is -2.14. The van der Waals surface area contributed by atoms with Crippen LogP contribution in [0.25, 0.3) is 11.0 Å². The Morgan fingerprint density at radius 3 is 1.72 bits per heavy atom. The third-order valence-electron chi connectivity index (χ3n) is 3.10. The number of carbonyl (C=O) groups is 3. The first kappa shape index (κ1) is 26.9. The first-order valence-electron chi connectivity index (χ1n) is 7.79. The highest BCUT2D eigenvalue weighted by Crippen LogP contribution is 2.34. The lowest BCUT2D eigenvalue weighted by Crippen LogP contribution is -2.21. The number of hydrogen-bond acceptors (Lipinski definition) is 9. The van der Waals surface area contributed by atoms with Crippen molar-refractivity contribution >= 4 is 110 Å². The monoisotopic (exact) mass is 588 g/mol. The molecule has 0 saturated carbocycles. The van der Waals surface area contributed by atoms with Gasteiger partial charge in [-0.2, -0.15) is 0 Å². The smallest absolute Gasteiger partial charge is 0.429 e. The van der Waals surface area contributed by atoms with Gasteiger partial charge in [-0.3, -0.25) is 4.79 Å². The lowest BCUT2D eigenvalue weighted by atomic mass is 10.1. The molecule has 0 N–H and O–H groups in total. The number of benzene rings is 1. The molecule has 0 bridgehead atoms. The molecule has 174 valence electrons. The van der Waals surface area contributed by atoms with E-state index in [0.717, 1.165) is 18.2 Å². The van der Waals surface area contributed by atoms with Crippen molar-refractivity contribution < 1.29 is 37.7 Å². The Morgan fingerprint density at radius 1 is 0.812 bits per heavy atom. The third-order valence-corrected chi connectivity index (χ3v) is 3.96. The van der Waals surface area contributed by atoms with Crippen LogP contribution in [-0.4, -0.2) is 38.4 Å². The van der Waals surface area contributed by atoms with Crippen LogP contribution >= 0.6 is 81.2 Å². The highest BCUT2D eigenvalue weighted by atomic mass is 35.6. The largest absolute Gasteiger partial charge is 0.514 e. The predicted molar refractivity (Wildman–Crippen MR) is 117 cm³/mol. The molecule has 2 rings (SSSR count). The van der Waals surface area contributed by atoms with Crippen LogP contribution < -0.4 is 15.1 Å². The van der Waals surface area contributed by atoms with Crippen LogP contribution in [0, 0.1) is 0 Å². The highest BCUT2D eigenvalue weighted by molar-refractivity contribution is 6.68. The van der Waals surface area contributed by atoms with Gasteiger partial charge in [0.05, 0.1) is 0 Å². The maximum Gasteiger partial charge on any atom is 0.514 e. The summed E-state index contributed by atoms with van der Waals surface area (Å²) >= 11 is 38.2. The van der Waals surface area contributed by atoms with Crippen molar-refractivity contribution in [1.29, 1.82) is 0 Å². The molecule has 1 heterocycles. The second kappa shape index (κ2) is 10.7. The normalized spacial score (nSPS) is 11.7. The van der Waals surface area contributed by atoms with Crippen LogP contribution in [0.15, 0.2) is 27.4 Å². The Labute approximate surface area is 213 Å². The fraction of sp³-hybridized carbons (Fsp3) is 0.250. The van der Waals surface area contributed by atoms with Gasteiger partial charge in [0, 0.05) is 11.5 Å². The quantitative estimate of drug-likeness (QED) is 0.137. The van der Waals surface area contributed by atoms with Crippen LogP contribution in [0.1, 0.15) is 10.4 Å². The molecular formula is C16H7Cl7O9. The van der Waals surface area contributed by atoms with Crippen molar-refractivity contribution in [2.45, 2.75) is 7.59 Å². The molecule has 0 fully saturated rings. The van der Waals surface area contributed by atoms with Crippen molar-refractivity contribution in [2.75, 3.05) is 13.2 Å². The molecule has 0 aliphatic heterocycles. The van der Waals surface area contributed by atoms with Gasteiger partial charge in [0.2, 0.25) is 7.59 Å². The van der Waals surface area contributed by atoms with E-state index in [4.69, 9.17) is 95.1 Å². The van der Waals surface area contributed by atoms with Gasteiger partial charge in [0.1, 0.15) is 24.4 Å². The van der Waals surface area contributed by atoms with Gasteiger partial charge in [0.15, 0.2) is 11.5 Å². The summed E-state index contributed by atoms with van der Waals surface area (Å²) in [6, 6.07) is 3.10. The summed E-state index contributed by atoms with van der Waals surface area (Å²) in [6.45, 7) is -1.35. The Bertz CT molecular complexity index is 1100. The maximum atomic E-state index is 11.9. The molecule has 0 radical (unpaired) electrons. The third kappa shape index (κ3) is 8.55. The van der Waals surface area contributed by atoms with Crippen molar-refractivity contribution in [1.82, 2.24) is 0 Å². The van der Waals surface area contributed by atoms with Crippen molar-refractivity contribution in [3.05, 3.63) is 34.2 Å². The fourth-order valence-electron chi connectivity index (χ4n) is 1.94. The highest BCUT2D eigenvalue weighted by Gasteiger charge is 2.26. The first-order valence-corrected chi connectivity index (χ1v) is 10.4. The van der Waals surface area contributed by atoms with Gasteiger partial charge >= 0.3 is 17.9 Å². The minimum atomic E-state index is -1.93. The summed E-state index contributed by atoms with van der Waals surface area (Å²) in [4.78, 5) is 47.1. The minimum Gasteiger partial charge on any atom is -0.429 e. The van der Waals surface area contributed by atoms with Crippen LogP contribution in [-0.2, 0) is 9.47 Å². The van der Waals surface area contributed by atoms with Gasteiger partial charge in [-0.1, -0.05) is 69.6 Å². The van der Waals surface area contributed by atoms with Crippen LogP contribution in [0.2, 0.25) is 0 Å². The Balaban J connectivity index is 2.41. The van der Waals surface area contributed by atoms with E-state index in [1.54, 1.807) is 0 Å². The molecule has 1 aromatic carbocycles. The van der Waals surface area contributed by atoms with Crippen molar-refractivity contribution in [3.63, 3.8) is 0 Å². The SMILES string of the molecule is O=C(OCC(Cl)(Cl)Cl)Oc1cc2cc(C(=O)Cl)c(=O)oc2cc1OC(=O)OCC(Cl)(Cl)Cl. The molecule has 0 amide bonds. The molecule has 0 saturated heterocycles. The summed E-state index contributed by atoms with van der Waals surface area (Å²) in [5.41, 5.74) is -1.75. The number of alkyl halides is 6. The molecule has 0 atom stereocenters. The molecule has 0 aliphatic rings. The number of rotatable bonds is 5. The second-order valence-electron chi connectivity index (χ2n) is 5.57. The molecule has 32 heavy (non-hydrogen) atoms. The van der Waals surface area contributed by atoms with E-state index in [9.17, 15) is 19.2 Å². The number of ether oxygens (including phenoxy) is 4.